The van der Waals surface area contributed by atoms with Crippen molar-refractivity contribution in [3.8, 4) is 0 Å². The summed E-state index contributed by atoms with van der Waals surface area (Å²) in [7, 11) is 0. The summed E-state index contributed by atoms with van der Waals surface area (Å²) in [4.78, 5) is 38.5. The van der Waals surface area contributed by atoms with Crippen LogP contribution in [0.4, 0.5) is 0 Å². The van der Waals surface area contributed by atoms with Gasteiger partial charge in [-0.2, -0.15) is 0 Å². The third kappa shape index (κ3) is 4.67. The lowest BCUT2D eigenvalue weighted by Crippen LogP contribution is -2.43. The molecule has 0 aliphatic rings. The quantitative estimate of drug-likeness (QED) is 0.487. The van der Waals surface area contributed by atoms with Crippen LogP contribution in [0.5, 0.6) is 0 Å². The van der Waals surface area contributed by atoms with E-state index in [1.54, 1.807) is 16.0 Å². The van der Waals surface area contributed by atoms with Gasteiger partial charge in [-0.25, -0.2) is 9.36 Å². The topological polar surface area (TPSA) is 73.1 Å². The molecule has 0 aliphatic heterocycles. The molecule has 2 heterocycles. The van der Waals surface area contributed by atoms with Crippen LogP contribution in [0.2, 0.25) is 0 Å². The first-order valence-electron chi connectivity index (χ1n) is 10.1. The second-order valence-corrected chi connectivity index (χ2v) is 8.38. The number of carbonyl (C=O) groups excluding carboxylic acids is 1. The highest BCUT2D eigenvalue weighted by atomic mass is 32.1. The number of nitrogens with one attached hydrogen (secondary N) is 1. The maximum absolute atomic E-state index is 13.2. The number of carbonyl (C=O) groups is 1. The Labute approximate surface area is 183 Å². The van der Waals surface area contributed by atoms with Gasteiger partial charge in [-0.3, -0.25) is 14.2 Å². The Balaban J connectivity index is 1.57. The fourth-order valence-corrected chi connectivity index (χ4v) is 4.34. The molecule has 4 aromatic rings. The molecule has 0 saturated heterocycles. The second kappa shape index (κ2) is 9.14. The van der Waals surface area contributed by atoms with Crippen molar-refractivity contribution in [2.24, 2.45) is 0 Å². The molecule has 0 radical (unpaired) electrons. The molecule has 2 aromatic heterocycles. The van der Waals surface area contributed by atoms with E-state index in [0.29, 0.717) is 29.7 Å². The number of fused-ring (bicyclic) bond motifs is 1. The summed E-state index contributed by atoms with van der Waals surface area (Å²) in [6, 6.07) is 19.5. The Morgan fingerprint density at radius 3 is 2.42 bits per heavy atom. The molecule has 0 fully saturated rings. The molecule has 1 amide bonds. The first-order valence-corrected chi connectivity index (χ1v) is 11.0. The molecule has 0 spiro atoms. The van der Waals surface area contributed by atoms with E-state index in [1.165, 1.54) is 11.3 Å². The Morgan fingerprint density at radius 2 is 1.68 bits per heavy atom. The predicted octanol–water partition coefficient (Wildman–Crippen LogP) is 2.94. The van der Waals surface area contributed by atoms with Gasteiger partial charge in [-0.05, 0) is 35.9 Å². The van der Waals surface area contributed by atoms with Crippen molar-refractivity contribution in [2.45, 2.75) is 26.4 Å². The molecule has 1 N–H and O–H groups in total. The van der Waals surface area contributed by atoms with Crippen LogP contribution in [-0.2, 0) is 24.3 Å². The number of thiophene rings is 1. The van der Waals surface area contributed by atoms with Gasteiger partial charge in [0.05, 0.1) is 12.1 Å². The van der Waals surface area contributed by atoms with Crippen molar-refractivity contribution in [3.63, 3.8) is 0 Å². The lowest BCUT2D eigenvalue weighted by atomic mass is 10.1. The lowest BCUT2D eigenvalue weighted by Gasteiger charge is -2.13. The highest BCUT2D eigenvalue weighted by Gasteiger charge is 2.16. The zero-order valence-corrected chi connectivity index (χ0v) is 18.0. The highest BCUT2D eigenvalue weighted by molar-refractivity contribution is 7.17. The van der Waals surface area contributed by atoms with Gasteiger partial charge >= 0.3 is 5.69 Å². The average Bonchev–Trinajstić information content (AvgIpc) is 3.26. The van der Waals surface area contributed by atoms with Crippen LogP contribution in [0.25, 0.3) is 10.2 Å². The SMILES string of the molecule is Cc1ccc(Cn2c(=O)n(CC(=O)NCCc3ccccc3)c(=O)c3sccc32)cc1. The fourth-order valence-electron chi connectivity index (χ4n) is 3.49. The van der Waals surface area contributed by atoms with Crippen molar-refractivity contribution in [1.29, 1.82) is 0 Å². The summed E-state index contributed by atoms with van der Waals surface area (Å²) in [6.45, 7) is 2.48. The van der Waals surface area contributed by atoms with Crippen molar-refractivity contribution < 1.29 is 4.79 Å². The zero-order chi connectivity index (χ0) is 21.8. The number of amides is 1. The van der Waals surface area contributed by atoms with E-state index in [9.17, 15) is 14.4 Å². The van der Waals surface area contributed by atoms with Crippen molar-refractivity contribution in [3.05, 3.63) is 104 Å². The number of aromatic nitrogens is 2. The molecule has 31 heavy (non-hydrogen) atoms. The Bertz CT molecular complexity index is 1320. The van der Waals surface area contributed by atoms with E-state index in [4.69, 9.17) is 0 Å². The predicted molar refractivity (Wildman–Crippen MR) is 124 cm³/mol. The van der Waals surface area contributed by atoms with Crippen molar-refractivity contribution in [1.82, 2.24) is 14.5 Å². The van der Waals surface area contributed by atoms with Crippen LogP contribution in [0.3, 0.4) is 0 Å². The van der Waals surface area contributed by atoms with Crippen molar-refractivity contribution >= 4 is 27.5 Å². The van der Waals surface area contributed by atoms with Gasteiger partial charge in [0.2, 0.25) is 5.91 Å². The highest BCUT2D eigenvalue weighted by Crippen LogP contribution is 2.16. The van der Waals surface area contributed by atoms with E-state index < -0.39 is 11.2 Å². The average molecular weight is 434 g/mol. The molecule has 0 atom stereocenters. The number of hydrogen-bond acceptors (Lipinski definition) is 4. The molecule has 4 rings (SSSR count). The van der Waals surface area contributed by atoms with Gasteiger partial charge in [0.25, 0.3) is 5.56 Å². The summed E-state index contributed by atoms with van der Waals surface area (Å²) in [6.07, 6.45) is 0.684. The maximum atomic E-state index is 13.2. The van der Waals surface area contributed by atoms with Gasteiger partial charge in [-0.15, -0.1) is 11.3 Å². The molecule has 158 valence electrons. The van der Waals surface area contributed by atoms with Crippen LogP contribution in [-0.4, -0.2) is 21.6 Å². The third-order valence-corrected chi connectivity index (χ3v) is 6.07. The van der Waals surface area contributed by atoms with Gasteiger partial charge < -0.3 is 5.32 Å². The monoisotopic (exact) mass is 433 g/mol. The number of aryl methyl sites for hydroxylation is 1. The Morgan fingerprint density at radius 1 is 0.935 bits per heavy atom. The Kier molecular flexibility index (Phi) is 6.13. The van der Waals surface area contributed by atoms with Gasteiger partial charge in [0, 0.05) is 6.54 Å². The smallest absolute Gasteiger partial charge is 0.332 e. The first kappa shape index (κ1) is 20.8. The largest absolute Gasteiger partial charge is 0.354 e. The van der Waals surface area contributed by atoms with E-state index >= 15 is 0 Å². The summed E-state index contributed by atoms with van der Waals surface area (Å²) in [5.41, 5.74) is 2.90. The van der Waals surface area contributed by atoms with Gasteiger partial charge in [-0.1, -0.05) is 60.2 Å². The summed E-state index contributed by atoms with van der Waals surface area (Å²) < 4.78 is 3.07. The molecule has 0 saturated carbocycles. The number of benzene rings is 2. The molecular formula is C24H23N3O3S. The van der Waals surface area contributed by atoms with Crippen molar-refractivity contribution in [2.75, 3.05) is 6.54 Å². The molecule has 0 bridgehead atoms. The van der Waals surface area contributed by atoms with E-state index in [2.05, 4.69) is 5.32 Å². The maximum Gasteiger partial charge on any atom is 0.332 e. The Hall–Kier alpha value is -3.45. The molecule has 0 unspecified atom stereocenters. The third-order valence-electron chi connectivity index (χ3n) is 5.18. The van der Waals surface area contributed by atoms with E-state index in [-0.39, 0.29) is 12.5 Å². The summed E-state index contributed by atoms with van der Waals surface area (Å²) in [5.74, 6) is -0.354. The normalized spacial score (nSPS) is 11.0. The van der Waals surface area contributed by atoms with Gasteiger partial charge in [0.15, 0.2) is 0 Å². The van der Waals surface area contributed by atoms with Crippen LogP contribution < -0.4 is 16.6 Å². The fraction of sp³-hybridized carbons (Fsp3) is 0.208. The molecule has 7 heteroatoms. The number of hydrogen-bond donors (Lipinski definition) is 1. The number of rotatable bonds is 7. The number of nitrogens with zero attached hydrogens (tertiary/aromatic N) is 2. The first-order chi connectivity index (χ1) is 15.0. The van der Waals surface area contributed by atoms with Crippen LogP contribution in [0.15, 0.2) is 75.6 Å². The lowest BCUT2D eigenvalue weighted by molar-refractivity contribution is -0.121. The second-order valence-electron chi connectivity index (χ2n) is 7.47. The minimum absolute atomic E-state index is 0.297. The van der Waals surface area contributed by atoms with Gasteiger partial charge in [0.1, 0.15) is 11.2 Å². The van der Waals surface area contributed by atoms with E-state index in [1.807, 2.05) is 61.5 Å². The molecule has 2 aromatic carbocycles. The zero-order valence-electron chi connectivity index (χ0n) is 17.2. The minimum Gasteiger partial charge on any atom is -0.354 e. The van der Waals surface area contributed by atoms with Crippen LogP contribution in [0.1, 0.15) is 16.7 Å². The van der Waals surface area contributed by atoms with Crippen LogP contribution in [0, 0.1) is 6.92 Å². The van der Waals surface area contributed by atoms with Crippen LogP contribution >= 0.6 is 11.3 Å². The summed E-state index contributed by atoms with van der Waals surface area (Å²) in [5, 5.41) is 4.60. The molecule has 0 aliphatic carbocycles. The molecule has 6 nitrogen and oxygen atoms in total. The summed E-state index contributed by atoms with van der Waals surface area (Å²) >= 11 is 1.28. The standard InChI is InChI=1S/C24H23N3O3S/c1-17-7-9-19(10-8-17)15-26-20-12-14-31-22(20)23(29)27(24(26)30)16-21(28)25-13-11-18-5-3-2-4-6-18/h2-10,12,14H,11,13,15-16H2,1H3,(H,25,28). The van der Waals surface area contributed by atoms with E-state index in [0.717, 1.165) is 21.3 Å². The minimum atomic E-state index is -0.477. The molecular weight excluding hydrogens is 410 g/mol.